The highest BCUT2D eigenvalue weighted by atomic mass is 16.2. The number of para-hydroxylation sites is 1. The molecule has 140 valence electrons. The minimum absolute atomic E-state index is 0.00897. The molecule has 0 aliphatic carbocycles. The molecule has 0 saturated carbocycles. The lowest BCUT2D eigenvalue weighted by molar-refractivity contribution is 0.358. The number of hydrogen-bond donors (Lipinski definition) is 1. The number of rotatable bonds is 5. The summed E-state index contributed by atoms with van der Waals surface area (Å²) in [7, 11) is 2.15. The van der Waals surface area contributed by atoms with Crippen molar-refractivity contribution in [1.29, 1.82) is 0 Å². The molecule has 6 heteroatoms. The van der Waals surface area contributed by atoms with Crippen molar-refractivity contribution in [2.45, 2.75) is 32.2 Å². The van der Waals surface area contributed by atoms with Gasteiger partial charge in [-0.2, -0.15) is 5.10 Å². The van der Waals surface area contributed by atoms with Crippen molar-refractivity contribution in [1.82, 2.24) is 24.6 Å². The van der Waals surface area contributed by atoms with Crippen LogP contribution in [-0.4, -0.2) is 52.5 Å². The molecule has 0 bridgehead atoms. The number of aromatic nitrogens is 3. The number of nitrogens with one attached hydrogen (secondary N) is 1. The van der Waals surface area contributed by atoms with E-state index < -0.39 is 0 Å². The summed E-state index contributed by atoms with van der Waals surface area (Å²) in [4.78, 5) is 15.5. The van der Waals surface area contributed by atoms with Crippen LogP contribution in [0, 0.1) is 11.8 Å². The van der Waals surface area contributed by atoms with Gasteiger partial charge >= 0.3 is 5.69 Å². The van der Waals surface area contributed by atoms with E-state index in [9.17, 15) is 4.79 Å². The van der Waals surface area contributed by atoms with Crippen LogP contribution in [-0.2, 0) is 13.0 Å². The maximum absolute atomic E-state index is 13.1. The molecule has 4 rings (SSSR count). The van der Waals surface area contributed by atoms with Gasteiger partial charge in [-0.15, -0.1) is 0 Å². The lowest BCUT2D eigenvalue weighted by atomic mass is 9.94. The molecule has 0 amide bonds. The molecule has 1 N–H and O–H groups in total. The fraction of sp³-hybridized carbons (Fsp3) is 0.600. The van der Waals surface area contributed by atoms with Gasteiger partial charge in [0.15, 0.2) is 0 Å². The Kier molecular flexibility index (Phi) is 5.22. The summed E-state index contributed by atoms with van der Waals surface area (Å²) in [6.07, 6.45) is 4.33. The minimum atomic E-state index is 0.00897. The van der Waals surface area contributed by atoms with Gasteiger partial charge in [0.1, 0.15) is 5.82 Å². The highest BCUT2D eigenvalue weighted by molar-refractivity contribution is 5.32. The van der Waals surface area contributed by atoms with E-state index in [-0.39, 0.29) is 5.69 Å². The first-order valence-electron chi connectivity index (χ1n) is 9.84. The summed E-state index contributed by atoms with van der Waals surface area (Å²) < 4.78 is 3.55. The third-order valence-electron chi connectivity index (χ3n) is 5.77. The zero-order valence-electron chi connectivity index (χ0n) is 15.6. The summed E-state index contributed by atoms with van der Waals surface area (Å²) in [6, 6.07) is 9.96. The van der Waals surface area contributed by atoms with Crippen LogP contribution in [0.4, 0.5) is 0 Å². The first-order chi connectivity index (χ1) is 12.7. The molecule has 6 nitrogen and oxygen atoms in total. The largest absolute Gasteiger partial charge is 0.350 e. The molecule has 2 fully saturated rings. The first kappa shape index (κ1) is 17.5. The van der Waals surface area contributed by atoms with Crippen molar-refractivity contribution in [2.24, 2.45) is 11.8 Å². The molecule has 0 unspecified atom stereocenters. The highest BCUT2D eigenvalue weighted by Gasteiger charge is 2.24. The van der Waals surface area contributed by atoms with E-state index >= 15 is 0 Å². The van der Waals surface area contributed by atoms with Crippen molar-refractivity contribution >= 4 is 0 Å². The molecule has 0 radical (unpaired) electrons. The molecule has 2 saturated heterocycles. The van der Waals surface area contributed by atoms with Crippen molar-refractivity contribution in [3.05, 3.63) is 46.6 Å². The molecular formula is C20H29N5O. The molecule has 1 aromatic carbocycles. The summed E-state index contributed by atoms with van der Waals surface area (Å²) in [5.74, 6) is 2.04. The smallest absolute Gasteiger partial charge is 0.317 e. The molecule has 2 aliphatic heterocycles. The second kappa shape index (κ2) is 7.76. The highest BCUT2D eigenvalue weighted by Crippen LogP contribution is 2.20. The van der Waals surface area contributed by atoms with Crippen LogP contribution in [0.15, 0.2) is 35.1 Å². The van der Waals surface area contributed by atoms with Crippen LogP contribution in [0.1, 0.15) is 25.1 Å². The van der Waals surface area contributed by atoms with Gasteiger partial charge in [-0.05, 0) is 69.9 Å². The van der Waals surface area contributed by atoms with Crippen molar-refractivity contribution in [2.75, 3.05) is 33.2 Å². The Morgan fingerprint density at radius 3 is 2.58 bits per heavy atom. The zero-order valence-corrected chi connectivity index (χ0v) is 15.6. The van der Waals surface area contributed by atoms with Gasteiger partial charge in [-0.25, -0.2) is 14.0 Å². The molecule has 1 aromatic heterocycles. The number of piperidine rings is 1. The van der Waals surface area contributed by atoms with Gasteiger partial charge in [0.05, 0.1) is 12.2 Å². The van der Waals surface area contributed by atoms with Gasteiger partial charge in [-0.1, -0.05) is 18.2 Å². The first-order valence-corrected chi connectivity index (χ1v) is 9.84. The topological polar surface area (TPSA) is 55.1 Å². The standard InChI is InChI=1S/C20H29N5O/c1-23-12-9-17(14-23)15-24-20(26)25(18-5-3-2-4-6-18)19(22-24)13-16-7-10-21-11-8-16/h2-6,16-17,21H,7-15H2,1H3/t17-/m1/s1. The Balaban J connectivity index is 1.64. The molecule has 2 aliphatic rings. The Morgan fingerprint density at radius 1 is 1.12 bits per heavy atom. The fourth-order valence-electron chi connectivity index (χ4n) is 4.30. The van der Waals surface area contributed by atoms with Gasteiger partial charge in [0, 0.05) is 13.0 Å². The predicted octanol–water partition coefficient (Wildman–Crippen LogP) is 1.53. The van der Waals surface area contributed by atoms with E-state index in [0.29, 0.717) is 11.8 Å². The van der Waals surface area contributed by atoms with Crippen LogP contribution in [0.5, 0.6) is 0 Å². The molecular weight excluding hydrogens is 326 g/mol. The van der Waals surface area contributed by atoms with Crippen LogP contribution < -0.4 is 11.0 Å². The number of hydrogen-bond acceptors (Lipinski definition) is 4. The zero-order chi connectivity index (χ0) is 17.9. The van der Waals surface area contributed by atoms with Crippen molar-refractivity contribution in [3.8, 4) is 5.69 Å². The number of likely N-dealkylation sites (tertiary alicyclic amines) is 1. The minimum Gasteiger partial charge on any atom is -0.317 e. The van der Waals surface area contributed by atoms with E-state index in [1.807, 2.05) is 34.9 Å². The van der Waals surface area contributed by atoms with Crippen molar-refractivity contribution < 1.29 is 0 Å². The Morgan fingerprint density at radius 2 is 1.88 bits per heavy atom. The quantitative estimate of drug-likeness (QED) is 0.884. The normalized spacial score (nSPS) is 22.1. The van der Waals surface area contributed by atoms with Crippen molar-refractivity contribution in [3.63, 3.8) is 0 Å². The lowest BCUT2D eigenvalue weighted by Crippen LogP contribution is -2.30. The Labute approximate surface area is 154 Å². The van der Waals surface area contributed by atoms with Crippen LogP contribution in [0.3, 0.4) is 0 Å². The maximum atomic E-state index is 13.1. The van der Waals surface area contributed by atoms with E-state index in [0.717, 1.165) is 69.9 Å². The third-order valence-corrected chi connectivity index (χ3v) is 5.77. The molecule has 3 heterocycles. The van der Waals surface area contributed by atoms with E-state index in [1.54, 1.807) is 4.68 Å². The SMILES string of the molecule is CN1CC[C@@H](Cn2nc(CC3CCNCC3)n(-c3ccccc3)c2=O)C1. The summed E-state index contributed by atoms with van der Waals surface area (Å²) in [6.45, 7) is 5.02. The second-order valence-corrected chi connectivity index (χ2v) is 7.87. The molecule has 0 spiro atoms. The summed E-state index contributed by atoms with van der Waals surface area (Å²) in [5, 5.41) is 8.21. The predicted molar refractivity (Wildman–Crippen MR) is 103 cm³/mol. The summed E-state index contributed by atoms with van der Waals surface area (Å²) in [5.41, 5.74) is 0.936. The van der Waals surface area contributed by atoms with Gasteiger partial charge in [-0.3, -0.25) is 0 Å². The maximum Gasteiger partial charge on any atom is 0.350 e. The van der Waals surface area contributed by atoms with E-state index in [4.69, 9.17) is 5.10 Å². The number of benzene rings is 1. The van der Waals surface area contributed by atoms with Gasteiger partial charge in [0.25, 0.3) is 0 Å². The lowest BCUT2D eigenvalue weighted by Gasteiger charge is -2.22. The van der Waals surface area contributed by atoms with Crippen LogP contribution in [0.25, 0.3) is 5.69 Å². The van der Waals surface area contributed by atoms with E-state index in [1.165, 1.54) is 0 Å². The average molecular weight is 355 g/mol. The van der Waals surface area contributed by atoms with Crippen LogP contribution in [0.2, 0.25) is 0 Å². The summed E-state index contributed by atoms with van der Waals surface area (Å²) >= 11 is 0. The number of nitrogens with zero attached hydrogens (tertiary/aromatic N) is 4. The van der Waals surface area contributed by atoms with E-state index in [2.05, 4.69) is 17.3 Å². The second-order valence-electron chi connectivity index (χ2n) is 7.87. The Hall–Kier alpha value is -1.92. The molecule has 1 atom stereocenters. The van der Waals surface area contributed by atoms with Gasteiger partial charge in [0.2, 0.25) is 0 Å². The molecule has 2 aromatic rings. The Bertz CT molecular complexity index is 775. The third kappa shape index (κ3) is 3.76. The fourth-order valence-corrected chi connectivity index (χ4v) is 4.30. The monoisotopic (exact) mass is 355 g/mol. The van der Waals surface area contributed by atoms with Gasteiger partial charge < -0.3 is 10.2 Å². The average Bonchev–Trinajstić information content (AvgIpc) is 3.20. The van der Waals surface area contributed by atoms with Crippen LogP contribution >= 0.6 is 0 Å². The molecule has 26 heavy (non-hydrogen) atoms.